The molecule has 0 saturated heterocycles. The van der Waals surface area contributed by atoms with Gasteiger partial charge in [-0.25, -0.2) is 5.84 Å². The zero-order valence-corrected chi connectivity index (χ0v) is 12.6. The van der Waals surface area contributed by atoms with E-state index in [1.165, 1.54) is 0 Å². The van der Waals surface area contributed by atoms with Gasteiger partial charge in [0.15, 0.2) is 0 Å². The molecule has 0 radical (unpaired) electrons. The van der Waals surface area contributed by atoms with E-state index in [9.17, 15) is 0 Å². The molecular formula is C11H23N7S. The van der Waals surface area contributed by atoms with Gasteiger partial charge in [0.05, 0.1) is 0 Å². The van der Waals surface area contributed by atoms with Crippen molar-refractivity contribution in [2.24, 2.45) is 5.84 Å². The van der Waals surface area contributed by atoms with Crippen molar-refractivity contribution in [2.45, 2.75) is 20.3 Å². The first-order valence-corrected chi connectivity index (χ1v) is 7.84. The number of nitrogens with two attached hydrogens (primary N) is 1. The van der Waals surface area contributed by atoms with Gasteiger partial charge in [-0.3, -0.25) is 5.43 Å². The number of hydrogen-bond acceptors (Lipinski definition) is 8. The van der Waals surface area contributed by atoms with Crippen LogP contribution in [0.1, 0.15) is 20.3 Å². The summed E-state index contributed by atoms with van der Waals surface area (Å²) in [5.41, 5.74) is 2.48. The van der Waals surface area contributed by atoms with Crippen LogP contribution in [0.2, 0.25) is 0 Å². The Morgan fingerprint density at radius 2 is 1.84 bits per heavy atom. The SMILES string of the molecule is CCN(CC)c1nc(NN)nc(NCCCSC)n1. The highest BCUT2D eigenvalue weighted by Crippen LogP contribution is 2.12. The molecule has 1 aromatic rings. The van der Waals surface area contributed by atoms with Gasteiger partial charge in [0, 0.05) is 19.6 Å². The van der Waals surface area contributed by atoms with Gasteiger partial charge in [0.2, 0.25) is 17.8 Å². The second-order valence-electron chi connectivity index (χ2n) is 3.87. The number of hydrazine groups is 1. The fourth-order valence-corrected chi connectivity index (χ4v) is 2.01. The van der Waals surface area contributed by atoms with Crippen LogP contribution in [-0.4, -0.2) is 46.6 Å². The van der Waals surface area contributed by atoms with Crippen LogP contribution in [0.15, 0.2) is 0 Å². The normalized spacial score (nSPS) is 10.3. The molecule has 0 aliphatic heterocycles. The highest BCUT2D eigenvalue weighted by molar-refractivity contribution is 7.98. The van der Waals surface area contributed by atoms with E-state index in [4.69, 9.17) is 5.84 Å². The van der Waals surface area contributed by atoms with Gasteiger partial charge < -0.3 is 10.2 Å². The maximum atomic E-state index is 5.39. The Morgan fingerprint density at radius 1 is 1.16 bits per heavy atom. The highest BCUT2D eigenvalue weighted by atomic mass is 32.2. The molecule has 0 amide bonds. The third kappa shape index (κ3) is 5.07. The Bertz CT molecular complexity index is 370. The molecule has 1 heterocycles. The summed E-state index contributed by atoms with van der Waals surface area (Å²) in [6.07, 6.45) is 3.16. The standard InChI is InChI=1S/C11H23N7S/c1-4-18(5-2)11-15-9(13-7-6-8-19-3)14-10(16-11)17-12/h4-8,12H2,1-3H3,(H2,13,14,15,16,17). The number of aromatic nitrogens is 3. The second-order valence-corrected chi connectivity index (χ2v) is 4.86. The van der Waals surface area contributed by atoms with Crippen molar-refractivity contribution in [3.8, 4) is 0 Å². The summed E-state index contributed by atoms with van der Waals surface area (Å²) in [7, 11) is 0. The van der Waals surface area contributed by atoms with E-state index in [1.807, 2.05) is 11.8 Å². The lowest BCUT2D eigenvalue weighted by Crippen LogP contribution is -2.26. The summed E-state index contributed by atoms with van der Waals surface area (Å²) >= 11 is 1.83. The maximum absolute atomic E-state index is 5.39. The lowest BCUT2D eigenvalue weighted by Gasteiger charge is -2.19. The van der Waals surface area contributed by atoms with Gasteiger partial charge in [-0.05, 0) is 32.3 Å². The van der Waals surface area contributed by atoms with Crippen LogP contribution in [0.4, 0.5) is 17.8 Å². The molecule has 4 N–H and O–H groups in total. The van der Waals surface area contributed by atoms with Gasteiger partial charge in [0.1, 0.15) is 0 Å². The van der Waals surface area contributed by atoms with Crippen LogP contribution >= 0.6 is 11.8 Å². The Labute approximate surface area is 118 Å². The number of nitrogen functional groups attached to an aromatic ring is 1. The predicted molar refractivity (Wildman–Crippen MR) is 82.7 cm³/mol. The molecule has 0 unspecified atom stereocenters. The van der Waals surface area contributed by atoms with Crippen molar-refractivity contribution in [2.75, 3.05) is 47.3 Å². The third-order valence-corrected chi connectivity index (χ3v) is 3.30. The summed E-state index contributed by atoms with van der Waals surface area (Å²) in [4.78, 5) is 14.9. The summed E-state index contributed by atoms with van der Waals surface area (Å²) in [5.74, 6) is 8.09. The monoisotopic (exact) mass is 285 g/mol. The topological polar surface area (TPSA) is 92.0 Å². The first-order chi connectivity index (χ1) is 9.24. The molecule has 8 heteroatoms. The zero-order valence-electron chi connectivity index (χ0n) is 11.8. The highest BCUT2D eigenvalue weighted by Gasteiger charge is 2.10. The largest absolute Gasteiger partial charge is 0.354 e. The minimum atomic E-state index is 0.379. The zero-order chi connectivity index (χ0) is 14.1. The van der Waals surface area contributed by atoms with E-state index in [2.05, 4.69) is 50.7 Å². The van der Waals surface area contributed by atoms with Crippen LogP contribution in [0, 0.1) is 0 Å². The molecule has 0 aliphatic carbocycles. The van der Waals surface area contributed by atoms with Gasteiger partial charge in [0.25, 0.3) is 0 Å². The molecule has 7 nitrogen and oxygen atoms in total. The van der Waals surface area contributed by atoms with Crippen molar-refractivity contribution in [1.82, 2.24) is 15.0 Å². The minimum absolute atomic E-state index is 0.379. The smallest absolute Gasteiger partial charge is 0.243 e. The number of rotatable bonds is 9. The van der Waals surface area contributed by atoms with E-state index < -0.39 is 0 Å². The first kappa shape index (κ1) is 15.8. The van der Waals surface area contributed by atoms with Crippen molar-refractivity contribution in [1.29, 1.82) is 0 Å². The van der Waals surface area contributed by atoms with Gasteiger partial charge in [-0.15, -0.1) is 0 Å². The molecular weight excluding hydrogens is 262 g/mol. The average molecular weight is 285 g/mol. The van der Waals surface area contributed by atoms with E-state index in [1.54, 1.807) is 0 Å². The number of nitrogens with zero attached hydrogens (tertiary/aromatic N) is 4. The number of anilines is 3. The fraction of sp³-hybridized carbons (Fsp3) is 0.727. The Hall–Kier alpha value is -1.28. The van der Waals surface area contributed by atoms with Crippen LogP contribution in [0.25, 0.3) is 0 Å². The van der Waals surface area contributed by atoms with Gasteiger partial charge in [-0.2, -0.15) is 26.7 Å². The summed E-state index contributed by atoms with van der Waals surface area (Å²) in [6.45, 7) is 6.66. The summed E-state index contributed by atoms with van der Waals surface area (Å²) in [6, 6.07) is 0. The van der Waals surface area contributed by atoms with Crippen molar-refractivity contribution in [3.63, 3.8) is 0 Å². The molecule has 1 rings (SSSR count). The van der Waals surface area contributed by atoms with Gasteiger partial charge in [-0.1, -0.05) is 0 Å². The van der Waals surface area contributed by atoms with Crippen LogP contribution in [-0.2, 0) is 0 Å². The molecule has 0 bridgehead atoms. The lowest BCUT2D eigenvalue weighted by atomic mass is 10.5. The van der Waals surface area contributed by atoms with E-state index in [0.29, 0.717) is 17.8 Å². The van der Waals surface area contributed by atoms with Crippen LogP contribution < -0.4 is 21.5 Å². The Kier molecular flexibility index (Phi) is 7.27. The van der Waals surface area contributed by atoms with E-state index in [0.717, 1.165) is 31.8 Å². The number of nitrogens with one attached hydrogen (secondary N) is 2. The average Bonchev–Trinajstić information content (AvgIpc) is 2.45. The molecule has 108 valence electrons. The molecule has 19 heavy (non-hydrogen) atoms. The van der Waals surface area contributed by atoms with Crippen molar-refractivity contribution < 1.29 is 0 Å². The third-order valence-electron chi connectivity index (χ3n) is 2.61. The lowest BCUT2D eigenvalue weighted by molar-refractivity contribution is 0.810. The van der Waals surface area contributed by atoms with Gasteiger partial charge >= 0.3 is 0 Å². The molecule has 1 aromatic heterocycles. The van der Waals surface area contributed by atoms with Crippen LogP contribution in [0.5, 0.6) is 0 Å². The Morgan fingerprint density at radius 3 is 2.42 bits per heavy atom. The predicted octanol–water partition coefficient (Wildman–Crippen LogP) is 1.17. The molecule has 0 spiro atoms. The summed E-state index contributed by atoms with van der Waals surface area (Å²) in [5, 5.41) is 3.20. The Balaban J connectivity index is 2.77. The summed E-state index contributed by atoms with van der Waals surface area (Å²) < 4.78 is 0. The quantitative estimate of drug-likeness (QED) is 0.354. The van der Waals surface area contributed by atoms with Crippen molar-refractivity contribution >= 4 is 29.6 Å². The maximum Gasteiger partial charge on any atom is 0.243 e. The minimum Gasteiger partial charge on any atom is -0.354 e. The molecule has 0 fully saturated rings. The first-order valence-electron chi connectivity index (χ1n) is 6.45. The van der Waals surface area contributed by atoms with Crippen LogP contribution in [0.3, 0.4) is 0 Å². The van der Waals surface area contributed by atoms with Crippen molar-refractivity contribution in [3.05, 3.63) is 0 Å². The molecule has 0 saturated carbocycles. The number of thioether (sulfide) groups is 1. The molecule has 0 aliphatic rings. The molecule has 0 aromatic carbocycles. The molecule has 0 atom stereocenters. The van der Waals surface area contributed by atoms with E-state index >= 15 is 0 Å². The fourth-order valence-electron chi connectivity index (χ4n) is 1.57. The van der Waals surface area contributed by atoms with E-state index in [-0.39, 0.29) is 0 Å². The number of hydrogen-bond donors (Lipinski definition) is 3. The second kappa shape index (κ2) is 8.76.